The van der Waals surface area contributed by atoms with Crippen molar-refractivity contribution in [1.82, 2.24) is 15.5 Å². The number of rotatable bonds is 9. The zero-order chi connectivity index (χ0) is 20.0. The molecule has 0 radical (unpaired) electrons. The lowest BCUT2D eigenvalue weighted by Gasteiger charge is -2.20. The van der Waals surface area contributed by atoms with Gasteiger partial charge in [-0.2, -0.15) is 0 Å². The summed E-state index contributed by atoms with van der Waals surface area (Å²) in [5.41, 5.74) is 0.973. The maximum Gasteiger partial charge on any atom is 0.324 e. The molecule has 8 heteroatoms. The van der Waals surface area contributed by atoms with Crippen LogP contribution < -0.4 is 15.4 Å². The van der Waals surface area contributed by atoms with Crippen molar-refractivity contribution in [2.75, 3.05) is 20.3 Å². The molecule has 0 aliphatic carbocycles. The topological polar surface area (TPSA) is 108 Å². The number of hydrogen-bond acceptors (Lipinski definition) is 5. The number of hydrogen-bond donors (Lipinski definition) is 3. The van der Waals surface area contributed by atoms with Gasteiger partial charge in [0, 0.05) is 6.54 Å². The molecule has 4 amide bonds. The maximum atomic E-state index is 12.5. The van der Waals surface area contributed by atoms with Crippen LogP contribution in [0.25, 0.3) is 0 Å². The molecule has 1 aromatic carbocycles. The number of carbonyl (C=O) groups excluding carboxylic acids is 3. The van der Waals surface area contributed by atoms with Crippen LogP contribution in [0.2, 0.25) is 0 Å². The van der Waals surface area contributed by atoms with Crippen LogP contribution in [0.3, 0.4) is 0 Å². The average molecular weight is 377 g/mol. The Bertz CT molecular complexity index is 674. The SMILES string of the molecule is COc1ccc(CCN2C(=O)N[C@@H](CC(=O)N[C@H](CO)C(C)C)C2=O)cc1. The molecule has 148 valence electrons. The van der Waals surface area contributed by atoms with E-state index < -0.39 is 18.0 Å². The van der Waals surface area contributed by atoms with Crippen molar-refractivity contribution < 1.29 is 24.2 Å². The standard InChI is InChI=1S/C19H27N3O5/c1-12(2)16(11-23)20-17(24)10-15-18(25)22(19(26)21-15)9-8-13-4-6-14(27-3)7-5-13/h4-7,12,15-16,23H,8-11H2,1-3H3,(H,20,24)(H,21,26)/t15-,16+/m0/s1. The Hall–Kier alpha value is -2.61. The molecule has 27 heavy (non-hydrogen) atoms. The van der Waals surface area contributed by atoms with Crippen LogP contribution in [0.1, 0.15) is 25.8 Å². The first-order chi connectivity index (χ1) is 12.8. The summed E-state index contributed by atoms with van der Waals surface area (Å²) in [7, 11) is 1.59. The van der Waals surface area contributed by atoms with E-state index in [1.807, 2.05) is 38.1 Å². The Morgan fingerprint density at radius 3 is 2.52 bits per heavy atom. The van der Waals surface area contributed by atoms with E-state index in [-0.39, 0.29) is 37.4 Å². The summed E-state index contributed by atoms with van der Waals surface area (Å²) in [6.07, 6.45) is 0.370. The average Bonchev–Trinajstić information content (AvgIpc) is 2.91. The van der Waals surface area contributed by atoms with Crippen LogP contribution in [0, 0.1) is 5.92 Å². The number of aliphatic hydroxyl groups excluding tert-OH is 1. The lowest BCUT2D eigenvalue weighted by Crippen LogP contribution is -2.44. The largest absolute Gasteiger partial charge is 0.497 e. The van der Waals surface area contributed by atoms with Crippen LogP contribution >= 0.6 is 0 Å². The summed E-state index contributed by atoms with van der Waals surface area (Å²) in [4.78, 5) is 37.8. The van der Waals surface area contributed by atoms with Crippen LogP contribution in [0.4, 0.5) is 4.79 Å². The number of amides is 4. The van der Waals surface area contributed by atoms with Gasteiger partial charge in [-0.1, -0.05) is 26.0 Å². The van der Waals surface area contributed by atoms with E-state index >= 15 is 0 Å². The third-order valence-corrected chi connectivity index (χ3v) is 4.63. The van der Waals surface area contributed by atoms with E-state index in [9.17, 15) is 19.5 Å². The van der Waals surface area contributed by atoms with Crippen molar-refractivity contribution in [3.05, 3.63) is 29.8 Å². The Balaban J connectivity index is 1.88. The smallest absolute Gasteiger partial charge is 0.324 e. The second kappa shape index (κ2) is 9.36. The molecule has 0 aromatic heterocycles. The van der Waals surface area contributed by atoms with Gasteiger partial charge in [0.25, 0.3) is 5.91 Å². The zero-order valence-electron chi connectivity index (χ0n) is 15.9. The molecule has 1 fully saturated rings. The molecule has 1 heterocycles. The van der Waals surface area contributed by atoms with E-state index in [0.29, 0.717) is 6.42 Å². The van der Waals surface area contributed by atoms with Gasteiger partial charge in [-0.15, -0.1) is 0 Å². The minimum Gasteiger partial charge on any atom is -0.497 e. The van der Waals surface area contributed by atoms with E-state index in [2.05, 4.69) is 10.6 Å². The highest BCUT2D eigenvalue weighted by Gasteiger charge is 2.38. The summed E-state index contributed by atoms with van der Waals surface area (Å²) in [6.45, 7) is 3.82. The normalized spacial score (nSPS) is 17.8. The van der Waals surface area contributed by atoms with Gasteiger partial charge in [0.2, 0.25) is 5.91 Å². The number of nitrogens with one attached hydrogen (secondary N) is 2. The number of carbonyl (C=O) groups is 3. The van der Waals surface area contributed by atoms with Gasteiger partial charge in [-0.05, 0) is 30.0 Å². The van der Waals surface area contributed by atoms with Crippen molar-refractivity contribution in [1.29, 1.82) is 0 Å². The lowest BCUT2D eigenvalue weighted by atomic mass is 10.0. The highest BCUT2D eigenvalue weighted by molar-refractivity contribution is 6.05. The van der Waals surface area contributed by atoms with Gasteiger partial charge in [0.1, 0.15) is 11.8 Å². The van der Waals surface area contributed by atoms with Crippen molar-refractivity contribution >= 4 is 17.8 Å². The fourth-order valence-electron chi connectivity index (χ4n) is 2.83. The molecule has 1 aliphatic heterocycles. The first-order valence-corrected chi connectivity index (χ1v) is 9.00. The third kappa shape index (κ3) is 5.43. The highest BCUT2D eigenvalue weighted by Crippen LogP contribution is 2.14. The molecular formula is C19H27N3O5. The minimum absolute atomic E-state index is 0.0637. The number of aliphatic hydroxyl groups is 1. The predicted molar refractivity (Wildman–Crippen MR) is 99.2 cm³/mol. The Morgan fingerprint density at radius 1 is 1.30 bits per heavy atom. The van der Waals surface area contributed by atoms with Gasteiger partial charge in [0.05, 0.1) is 26.2 Å². The Morgan fingerprint density at radius 2 is 1.96 bits per heavy atom. The summed E-state index contributed by atoms with van der Waals surface area (Å²) in [5, 5.41) is 14.5. The highest BCUT2D eigenvalue weighted by atomic mass is 16.5. The fraction of sp³-hybridized carbons (Fsp3) is 0.526. The van der Waals surface area contributed by atoms with Crippen molar-refractivity contribution in [3.8, 4) is 5.75 Å². The predicted octanol–water partition coefficient (Wildman–Crippen LogP) is 0.681. The lowest BCUT2D eigenvalue weighted by molar-refractivity contribution is -0.131. The van der Waals surface area contributed by atoms with Crippen LogP contribution in [-0.4, -0.2) is 60.2 Å². The van der Waals surface area contributed by atoms with Crippen molar-refractivity contribution in [3.63, 3.8) is 0 Å². The molecule has 1 aliphatic rings. The number of nitrogens with zero attached hydrogens (tertiary/aromatic N) is 1. The molecule has 8 nitrogen and oxygen atoms in total. The van der Waals surface area contributed by atoms with E-state index in [0.717, 1.165) is 16.2 Å². The van der Waals surface area contributed by atoms with Crippen LogP contribution in [-0.2, 0) is 16.0 Å². The van der Waals surface area contributed by atoms with Gasteiger partial charge in [0.15, 0.2) is 0 Å². The molecular weight excluding hydrogens is 350 g/mol. The molecule has 3 N–H and O–H groups in total. The number of imide groups is 1. The summed E-state index contributed by atoms with van der Waals surface area (Å²) in [5.74, 6) is 0.0170. The molecule has 0 unspecified atom stereocenters. The molecule has 1 aromatic rings. The third-order valence-electron chi connectivity index (χ3n) is 4.63. The van der Waals surface area contributed by atoms with Crippen LogP contribution in [0.15, 0.2) is 24.3 Å². The zero-order valence-corrected chi connectivity index (χ0v) is 15.9. The van der Waals surface area contributed by atoms with E-state index in [1.165, 1.54) is 0 Å². The van der Waals surface area contributed by atoms with Crippen LogP contribution in [0.5, 0.6) is 5.75 Å². The second-order valence-corrected chi connectivity index (χ2v) is 6.89. The molecule has 2 rings (SSSR count). The van der Waals surface area contributed by atoms with Gasteiger partial charge < -0.3 is 20.5 Å². The quantitative estimate of drug-likeness (QED) is 0.549. The summed E-state index contributed by atoms with van der Waals surface area (Å²) in [6, 6.07) is 5.65. The molecule has 1 saturated heterocycles. The van der Waals surface area contributed by atoms with Crippen molar-refractivity contribution in [2.24, 2.45) is 5.92 Å². The van der Waals surface area contributed by atoms with Gasteiger partial charge in [-0.3, -0.25) is 14.5 Å². The Labute approximate surface area is 158 Å². The number of benzene rings is 1. The van der Waals surface area contributed by atoms with Crippen molar-refractivity contribution in [2.45, 2.75) is 38.8 Å². The second-order valence-electron chi connectivity index (χ2n) is 6.89. The van der Waals surface area contributed by atoms with Gasteiger partial charge in [-0.25, -0.2) is 4.79 Å². The first kappa shape index (κ1) is 20.7. The summed E-state index contributed by atoms with van der Waals surface area (Å²) < 4.78 is 5.10. The number of ether oxygens (including phenoxy) is 1. The first-order valence-electron chi connectivity index (χ1n) is 9.00. The molecule has 2 atom stereocenters. The monoisotopic (exact) mass is 377 g/mol. The summed E-state index contributed by atoms with van der Waals surface area (Å²) >= 11 is 0. The van der Waals surface area contributed by atoms with E-state index in [4.69, 9.17) is 4.74 Å². The maximum absolute atomic E-state index is 12.5. The fourth-order valence-corrected chi connectivity index (χ4v) is 2.83. The molecule has 0 spiro atoms. The molecule has 0 saturated carbocycles. The number of methoxy groups -OCH3 is 1. The van der Waals surface area contributed by atoms with Gasteiger partial charge >= 0.3 is 6.03 Å². The molecule has 0 bridgehead atoms. The van der Waals surface area contributed by atoms with E-state index in [1.54, 1.807) is 7.11 Å². The Kier molecular flexibility index (Phi) is 7.18. The minimum atomic E-state index is -0.875. The number of urea groups is 1.